The van der Waals surface area contributed by atoms with Crippen LogP contribution in [0.2, 0.25) is 0 Å². The predicted octanol–water partition coefficient (Wildman–Crippen LogP) is 3.80. The Balaban J connectivity index is 2.04. The van der Waals surface area contributed by atoms with Crippen LogP contribution in [0, 0.1) is 0 Å². The molecule has 0 aliphatic rings. The lowest BCUT2D eigenvalue weighted by molar-refractivity contribution is -0.138. The summed E-state index contributed by atoms with van der Waals surface area (Å²) in [6.45, 7) is 0.218. The number of carbonyl (C=O) groups excluding carboxylic acids is 1. The zero-order chi connectivity index (χ0) is 19.2. The van der Waals surface area contributed by atoms with E-state index in [0.717, 1.165) is 6.07 Å². The number of halogens is 3. The fraction of sp³-hybridized carbons (Fsp3) is 0.278. The van der Waals surface area contributed by atoms with E-state index in [1.54, 1.807) is 0 Å². The van der Waals surface area contributed by atoms with E-state index in [9.17, 15) is 18.0 Å². The Morgan fingerprint density at radius 2 is 1.81 bits per heavy atom. The Kier molecular flexibility index (Phi) is 6.59. The summed E-state index contributed by atoms with van der Waals surface area (Å²) in [5.41, 5.74) is 5.09. The molecule has 0 aromatic heterocycles. The second-order valence-electron chi connectivity index (χ2n) is 5.47. The van der Waals surface area contributed by atoms with Crippen LogP contribution in [0.15, 0.2) is 48.5 Å². The van der Waals surface area contributed by atoms with Crippen LogP contribution in [0.5, 0.6) is 11.5 Å². The van der Waals surface area contributed by atoms with Gasteiger partial charge in [0, 0.05) is 19.3 Å². The number of para-hydroxylation sites is 1. The lowest BCUT2D eigenvalue weighted by atomic mass is 10.2. The van der Waals surface area contributed by atoms with Gasteiger partial charge in [0.25, 0.3) is 0 Å². The van der Waals surface area contributed by atoms with Crippen molar-refractivity contribution >= 4 is 11.6 Å². The summed E-state index contributed by atoms with van der Waals surface area (Å²) in [6.07, 6.45) is -4.79. The molecule has 0 radical (unpaired) electrons. The van der Waals surface area contributed by atoms with E-state index < -0.39 is 11.7 Å². The maximum atomic E-state index is 13.0. The number of amides is 1. The minimum atomic E-state index is -4.51. The molecule has 26 heavy (non-hydrogen) atoms. The maximum absolute atomic E-state index is 13.0. The molecule has 0 aliphatic carbocycles. The summed E-state index contributed by atoms with van der Waals surface area (Å²) in [6, 6.07) is 11.0. The van der Waals surface area contributed by atoms with Gasteiger partial charge in [-0.05, 0) is 36.4 Å². The number of hydrogen-bond donors (Lipinski definition) is 2. The van der Waals surface area contributed by atoms with Crippen molar-refractivity contribution in [3.8, 4) is 11.5 Å². The minimum Gasteiger partial charge on any atom is -0.457 e. The predicted molar refractivity (Wildman–Crippen MR) is 91.1 cm³/mol. The highest BCUT2D eigenvalue weighted by Crippen LogP contribution is 2.37. The van der Waals surface area contributed by atoms with Gasteiger partial charge in [-0.2, -0.15) is 13.2 Å². The quantitative estimate of drug-likeness (QED) is 0.780. The molecule has 8 heteroatoms. The van der Waals surface area contributed by atoms with Crippen LogP contribution in [0.1, 0.15) is 12.0 Å². The van der Waals surface area contributed by atoms with Gasteiger partial charge in [-0.25, -0.2) is 0 Å². The molecule has 5 nitrogen and oxygen atoms in total. The first-order valence-electron chi connectivity index (χ1n) is 7.80. The molecule has 0 spiro atoms. The highest BCUT2D eigenvalue weighted by Gasteiger charge is 2.34. The summed E-state index contributed by atoms with van der Waals surface area (Å²) in [7, 11) is 1.47. The molecular formula is C18H19F3N2O3. The van der Waals surface area contributed by atoms with E-state index >= 15 is 0 Å². The zero-order valence-corrected chi connectivity index (χ0v) is 14.0. The van der Waals surface area contributed by atoms with Gasteiger partial charge in [0.15, 0.2) is 0 Å². The normalized spacial score (nSPS) is 12.5. The molecule has 2 aromatic carbocycles. The number of nitrogens with two attached hydrogens (primary N) is 1. The highest BCUT2D eigenvalue weighted by molar-refractivity contribution is 5.91. The molecule has 0 heterocycles. The molecule has 0 bridgehead atoms. The number of nitrogens with one attached hydrogen (secondary N) is 1. The SMILES string of the molecule is COC(CN)CC(=O)Nc1ccc(Oc2ccccc2C(F)(F)F)cc1. The van der Waals surface area contributed by atoms with Gasteiger partial charge in [0.1, 0.15) is 11.5 Å². The van der Waals surface area contributed by atoms with Crippen molar-refractivity contribution in [1.82, 2.24) is 0 Å². The Bertz CT molecular complexity index is 729. The van der Waals surface area contributed by atoms with Gasteiger partial charge in [-0.15, -0.1) is 0 Å². The molecule has 0 saturated heterocycles. The summed E-state index contributed by atoms with van der Waals surface area (Å²) >= 11 is 0. The van der Waals surface area contributed by atoms with Crippen LogP contribution in [0.25, 0.3) is 0 Å². The van der Waals surface area contributed by atoms with Crippen molar-refractivity contribution in [2.45, 2.75) is 18.7 Å². The third-order valence-electron chi connectivity index (χ3n) is 3.57. The van der Waals surface area contributed by atoms with Gasteiger partial charge >= 0.3 is 6.18 Å². The molecule has 1 atom stereocenters. The molecule has 3 N–H and O–H groups in total. The van der Waals surface area contributed by atoms with E-state index in [2.05, 4.69) is 5.32 Å². The summed E-state index contributed by atoms with van der Waals surface area (Å²) in [4.78, 5) is 11.9. The van der Waals surface area contributed by atoms with Crippen molar-refractivity contribution in [3.63, 3.8) is 0 Å². The number of rotatable bonds is 7. The van der Waals surface area contributed by atoms with E-state index in [0.29, 0.717) is 5.69 Å². The summed E-state index contributed by atoms with van der Waals surface area (Å²) in [5.74, 6) is -0.350. The highest BCUT2D eigenvalue weighted by atomic mass is 19.4. The Labute approximate surface area is 148 Å². The Morgan fingerprint density at radius 3 is 2.38 bits per heavy atom. The monoisotopic (exact) mass is 368 g/mol. The Morgan fingerprint density at radius 1 is 1.15 bits per heavy atom. The largest absolute Gasteiger partial charge is 0.457 e. The topological polar surface area (TPSA) is 73.6 Å². The average molecular weight is 368 g/mol. The third-order valence-corrected chi connectivity index (χ3v) is 3.57. The van der Waals surface area contributed by atoms with Gasteiger partial charge < -0.3 is 20.5 Å². The first kappa shape index (κ1) is 19.7. The number of anilines is 1. The fourth-order valence-electron chi connectivity index (χ4n) is 2.20. The maximum Gasteiger partial charge on any atom is 0.419 e. The van der Waals surface area contributed by atoms with Gasteiger partial charge in [-0.1, -0.05) is 12.1 Å². The second kappa shape index (κ2) is 8.68. The average Bonchev–Trinajstić information content (AvgIpc) is 2.61. The molecule has 2 rings (SSSR count). The van der Waals surface area contributed by atoms with Crippen LogP contribution in [-0.2, 0) is 15.7 Å². The molecule has 2 aromatic rings. The van der Waals surface area contributed by atoms with Crippen molar-refractivity contribution in [3.05, 3.63) is 54.1 Å². The van der Waals surface area contributed by atoms with Gasteiger partial charge in [0.2, 0.25) is 5.91 Å². The van der Waals surface area contributed by atoms with Crippen molar-refractivity contribution in [2.24, 2.45) is 5.73 Å². The molecule has 1 amide bonds. The zero-order valence-electron chi connectivity index (χ0n) is 14.0. The molecule has 140 valence electrons. The molecule has 0 saturated carbocycles. The number of carbonyl (C=O) groups is 1. The minimum absolute atomic E-state index is 0.101. The van der Waals surface area contributed by atoms with Crippen molar-refractivity contribution < 1.29 is 27.4 Å². The van der Waals surface area contributed by atoms with Crippen LogP contribution in [-0.4, -0.2) is 25.7 Å². The lowest BCUT2D eigenvalue weighted by Gasteiger charge is -2.14. The standard InChI is InChI=1S/C18H19F3N2O3/c1-25-14(11-22)10-17(24)23-12-6-8-13(9-7-12)26-16-5-3-2-4-15(16)18(19,20)21/h2-9,14H,10-11,22H2,1H3,(H,23,24). The van der Waals surface area contributed by atoms with Crippen molar-refractivity contribution in [1.29, 1.82) is 0 Å². The smallest absolute Gasteiger partial charge is 0.419 e. The number of methoxy groups -OCH3 is 1. The lowest BCUT2D eigenvalue weighted by Crippen LogP contribution is -2.28. The van der Waals surface area contributed by atoms with Crippen LogP contribution in [0.4, 0.5) is 18.9 Å². The van der Waals surface area contributed by atoms with Crippen molar-refractivity contribution in [2.75, 3.05) is 19.0 Å². The first-order valence-corrected chi connectivity index (χ1v) is 7.80. The molecular weight excluding hydrogens is 349 g/mol. The van der Waals surface area contributed by atoms with Crippen LogP contribution >= 0.6 is 0 Å². The first-order chi connectivity index (χ1) is 12.3. The van der Waals surface area contributed by atoms with E-state index in [1.807, 2.05) is 0 Å². The van der Waals surface area contributed by atoms with E-state index in [1.165, 1.54) is 49.6 Å². The number of hydrogen-bond acceptors (Lipinski definition) is 4. The number of alkyl halides is 3. The molecule has 0 fully saturated rings. The summed E-state index contributed by atoms with van der Waals surface area (Å²) < 4.78 is 49.3. The van der Waals surface area contributed by atoms with E-state index in [-0.39, 0.29) is 36.5 Å². The third kappa shape index (κ3) is 5.47. The molecule has 0 aliphatic heterocycles. The van der Waals surface area contributed by atoms with Gasteiger partial charge in [0.05, 0.1) is 18.1 Å². The molecule has 1 unspecified atom stereocenters. The summed E-state index contributed by atoms with van der Waals surface area (Å²) in [5, 5.41) is 2.66. The number of ether oxygens (including phenoxy) is 2. The number of benzene rings is 2. The van der Waals surface area contributed by atoms with Crippen LogP contribution < -0.4 is 15.8 Å². The fourth-order valence-corrected chi connectivity index (χ4v) is 2.20. The van der Waals surface area contributed by atoms with Gasteiger partial charge in [-0.3, -0.25) is 4.79 Å². The van der Waals surface area contributed by atoms with E-state index in [4.69, 9.17) is 15.2 Å². The van der Waals surface area contributed by atoms with Crippen LogP contribution in [0.3, 0.4) is 0 Å². The Hall–Kier alpha value is -2.58. The second-order valence-corrected chi connectivity index (χ2v) is 5.47.